The second kappa shape index (κ2) is 74.5. The molecule has 3 atom stereocenters. The van der Waals surface area contributed by atoms with Crippen LogP contribution in [0.3, 0.4) is 0 Å². The second-order valence-corrected chi connectivity index (χ2v) is 32.0. The number of phosphoric acid groups is 1. The van der Waals surface area contributed by atoms with Gasteiger partial charge < -0.3 is 19.8 Å². The summed E-state index contributed by atoms with van der Waals surface area (Å²) in [6.07, 6.45) is 98.2. The third-order valence-corrected chi connectivity index (χ3v) is 21.0. The highest BCUT2D eigenvalue weighted by Gasteiger charge is 2.28. The van der Waals surface area contributed by atoms with E-state index in [0.29, 0.717) is 23.9 Å². The number of amides is 1. The molecule has 0 aromatic heterocycles. The number of quaternary nitrogens is 1. The van der Waals surface area contributed by atoms with E-state index in [-0.39, 0.29) is 19.1 Å². The molecule has 92 heavy (non-hydrogen) atoms. The molecule has 0 aromatic carbocycles. The number of allylic oxidation sites excluding steroid dienone is 2. The molecule has 550 valence electrons. The van der Waals surface area contributed by atoms with Crippen molar-refractivity contribution < 1.29 is 32.9 Å². The number of likely N-dealkylation sites (N-methyl/N-ethyl adjacent to an activating group) is 1. The summed E-state index contributed by atoms with van der Waals surface area (Å²) in [4.78, 5) is 23.5. The lowest BCUT2D eigenvalue weighted by Gasteiger charge is -2.26. The van der Waals surface area contributed by atoms with Gasteiger partial charge in [0.05, 0.1) is 39.9 Å². The van der Waals surface area contributed by atoms with Crippen LogP contribution in [0.2, 0.25) is 0 Å². The maximum absolute atomic E-state index is 13.1. The van der Waals surface area contributed by atoms with Crippen LogP contribution in [-0.4, -0.2) is 73.4 Å². The van der Waals surface area contributed by atoms with Gasteiger partial charge in [-0.25, -0.2) is 4.57 Å². The van der Waals surface area contributed by atoms with Crippen LogP contribution in [0.15, 0.2) is 12.2 Å². The summed E-state index contributed by atoms with van der Waals surface area (Å²) in [6.45, 7) is 4.97. The van der Waals surface area contributed by atoms with Crippen molar-refractivity contribution in [1.29, 1.82) is 0 Å². The van der Waals surface area contributed by atoms with Gasteiger partial charge in [0.1, 0.15) is 13.2 Å². The van der Waals surface area contributed by atoms with Crippen molar-refractivity contribution in [3.8, 4) is 0 Å². The highest BCUT2D eigenvalue weighted by atomic mass is 31.2. The fourth-order valence-electron chi connectivity index (χ4n) is 13.5. The standard InChI is InChI=1S/C83H167N2O6P/c1-6-8-10-12-14-16-18-20-22-24-26-28-30-32-34-36-37-38-39-40-41-42-43-44-45-46-47-49-51-53-55-57-59-61-63-65-67-69-71-73-75-77-83(87)84-81(80-91-92(88,89)90-79-78-85(3,4)5)82(86)76-74-72-70-68-66-64-62-60-58-56-54-52-50-48-35-33-31-29-27-25-23-21-19-17-15-13-11-9-7-2/h24,26,81-82,86H,6-23,25,27-80H2,1-5H3,(H-,84,87,88,89)/p+1/b26-24-. The Bertz CT molecular complexity index is 1510. The first-order valence-corrected chi connectivity index (χ1v) is 43.5. The highest BCUT2D eigenvalue weighted by molar-refractivity contribution is 7.47. The van der Waals surface area contributed by atoms with Gasteiger partial charge in [-0.2, -0.15) is 0 Å². The van der Waals surface area contributed by atoms with E-state index in [2.05, 4.69) is 31.3 Å². The molecule has 3 unspecified atom stereocenters. The summed E-state index contributed by atoms with van der Waals surface area (Å²) in [5, 5.41) is 14.2. The first kappa shape index (κ1) is 91.2. The first-order chi connectivity index (χ1) is 45.0. The van der Waals surface area contributed by atoms with Gasteiger partial charge in [-0.3, -0.25) is 13.8 Å². The van der Waals surface area contributed by atoms with Crippen LogP contribution in [0.25, 0.3) is 0 Å². The number of nitrogens with one attached hydrogen (secondary N) is 1. The van der Waals surface area contributed by atoms with Gasteiger partial charge in [-0.15, -0.1) is 0 Å². The number of hydrogen-bond acceptors (Lipinski definition) is 5. The van der Waals surface area contributed by atoms with Crippen molar-refractivity contribution in [3.63, 3.8) is 0 Å². The number of aliphatic hydroxyl groups is 1. The number of unbranched alkanes of at least 4 members (excludes halogenated alkanes) is 65. The second-order valence-electron chi connectivity index (χ2n) is 30.6. The fourth-order valence-corrected chi connectivity index (χ4v) is 14.3. The maximum atomic E-state index is 13.1. The molecule has 0 aliphatic carbocycles. The van der Waals surface area contributed by atoms with Gasteiger partial charge in [0.15, 0.2) is 0 Å². The van der Waals surface area contributed by atoms with Crippen molar-refractivity contribution in [1.82, 2.24) is 5.32 Å². The number of aliphatic hydroxyl groups excluding tert-OH is 1. The predicted octanol–water partition coefficient (Wildman–Crippen LogP) is 27.6. The molecular formula is C83H168N2O6P+. The third-order valence-electron chi connectivity index (χ3n) is 20.0. The Morgan fingerprint density at radius 1 is 0.359 bits per heavy atom. The van der Waals surface area contributed by atoms with E-state index in [1.807, 2.05) is 21.1 Å². The minimum absolute atomic E-state index is 0.0791. The summed E-state index contributed by atoms with van der Waals surface area (Å²) in [5.41, 5.74) is 0. The molecule has 0 fully saturated rings. The molecule has 8 nitrogen and oxygen atoms in total. The quantitative estimate of drug-likeness (QED) is 0.0243. The number of carbonyl (C=O) groups excluding carboxylic acids is 1. The zero-order chi connectivity index (χ0) is 66.9. The van der Waals surface area contributed by atoms with E-state index in [9.17, 15) is 19.4 Å². The molecule has 3 N–H and O–H groups in total. The van der Waals surface area contributed by atoms with Crippen LogP contribution in [0.1, 0.15) is 463 Å². The Morgan fingerprint density at radius 2 is 0.587 bits per heavy atom. The zero-order valence-electron chi connectivity index (χ0n) is 63.4. The molecule has 0 bridgehead atoms. The predicted molar refractivity (Wildman–Crippen MR) is 406 cm³/mol. The summed E-state index contributed by atoms with van der Waals surface area (Å²) in [5.74, 6) is -0.132. The number of rotatable bonds is 80. The largest absolute Gasteiger partial charge is 0.472 e. The molecule has 1 amide bonds. The summed E-state index contributed by atoms with van der Waals surface area (Å²) < 4.78 is 24.0. The fraction of sp³-hybridized carbons (Fsp3) is 0.964. The molecule has 0 heterocycles. The van der Waals surface area contributed by atoms with Crippen LogP contribution in [-0.2, 0) is 18.4 Å². The lowest BCUT2D eigenvalue weighted by molar-refractivity contribution is -0.870. The molecule has 0 saturated heterocycles. The molecule has 0 spiro atoms. The van der Waals surface area contributed by atoms with Gasteiger partial charge in [0.2, 0.25) is 5.91 Å². The Hall–Kier alpha value is -0.760. The SMILES string of the molecule is CCCCCCCCCC/C=C\CCCCCCCCCCCCCCCCCCCCCCCCCCCCCCCC(=O)NC(COP(=O)(O)OCC[N+](C)(C)C)C(O)CCCCCCCCCCCCCCCCCCCCCCCCCCCCCCC. The number of phosphoric ester groups is 1. The summed E-state index contributed by atoms with van der Waals surface area (Å²) in [6, 6.07) is -0.759. The highest BCUT2D eigenvalue weighted by Crippen LogP contribution is 2.43. The minimum Gasteiger partial charge on any atom is -0.391 e. The van der Waals surface area contributed by atoms with E-state index >= 15 is 0 Å². The van der Waals surface area contributed by atoms with Crippen LogP contribution in [0.4, 0.5) is 0 Å². The summed E-state index contributed by atoms with van der Waals surface area (Å²) >= 11 is 0. The number of nitrogens with zero attached hydrogens (tertiary/aromatic N) is 1. The minimum atomic E-state index is -4.33. The smallest absolute Gasteiger partial charge is 0.391 e. The molecule has 0 aromatic rings. The molecule has 0 saturated carbocycles. The van der Waals surface area contributed by atoms with E-state index < -0.39 is 20.0 Å². The maximum Gasteiger partial charge on any atom is 0.472 e. The third kappa shape index (κ3) is 76.6. The van der Waals surface area contributed by atoms with Gasteiger partial charge in [-0.1, -0.05) is 431 Å². The molecule has 0 rings (SSSR count). The lowest BCUT2D eigenvalue weighted by atomic mass is 10.0. The van der Waals surface area contributed by atoms with Gasteiger partial charge >= 0.3 is 7.82 Å². The van der Waals surface area contributed by atoms with Crippen molar-refractivity contribution in [2.75, 3.05) is 40.9 Å². The molecule has 0 radical (unpaired) electrons. The first-order valence-electron chi connectivity index (χ1n) is 42.1. The van der Waals surface area contributed by atoms with Crippen LogP contribution < -0.4 is 5.32 Å². The molecule has 0 aliphatic rings. The van der Waals surface area contributed by atoms with E-state index in [1.165, 1.54) is 398 Å². The van der Waals surface area contributed by atoms with Crippen molar-refractivity contribution in [3.05, 3.63) is 12.2 Å². The molecule has 9 heteroatoms. The Kier molecular flexibility index (Phi) is 73.8. The Morgan fingerprint density at radius 3 is 0.837 bits per heavy atom. The number of hydrogen-bond donors (Lipinski definition) is 3. The van der Waals surface area contributed by atoms with Crippen LogP contribution in [0, 0.1) is 0 Å². The summed E-state index contributed by atoms with van der Waals surface area (Å²) in [7, 11) is 1.65. The number of carbonyl (C=O) groups is 1. The van der Waals surface area contributed by atoms with Crippen LogP contribution >= 0.6 is 7.82 Å². The Balaban J connectivity index is 3.85. The topological polar surface area (TPSA) is 105 Å². The average Bonchev–Trinajstić information content (AvgIpc) is 2.63. The normalized spacial score (nSPS) is 13.4. The molecule has 0 aliphatic heterocycles. The monoisotopic (exact) mass is 1320 g/mol. The van der Waals surface area contributed by atoms with E-state index in [0.717, 1.165) is 38.5 Å². The van der Waals surface area contributed by atoms with E-state index in [4.69, 9.17) is 9.05 Å². The van der Waals surface area contributed by atoms with Gasteiger partial charge in [0, 0.05) is 6.42 Å². The zero-order valence-corrected chi connectivity index (χ0v) is 64.2. The lowest BCUT2D eigenvalue weighted by Crippen LogP contribution is -2.46. The molecular weight excluding hydrogens is 1150 g/mol. The van der Waals surface area contributed by atoms with E-state index in [1.54, 1.807) is 0 Å². The van der Waals surface area contributed by atoms with Gasteiger partial charge in [-0.05, 0) is 38.5 Å². The van der Waals surface area contributed by atoms with Crippen molar-refractivity contribution in [2.24, 2.45) is 0 Å². The van der Waals surface area contributed by atoms with Crippen LogP contribution in [0.5, 0.6) is 0 Å². The average molecular weight is 1320 g/mol. The Labute approximate surface area is 577 Å². The van der Waals surface area contributed by atoms with Gasteiger partial charge in [0.25, 0.3) is 0 Å². The van der Waals surface area contributed by atoms with Crippen molar-refractivity contribution >= 4 is 13.7 Å². The van der Waals surface area contributed by atoms with Crippen molar-refractivity contribution in [2.45, 2.75) is 475 Å².